The molecule has 176 valence electrons. The fourth-order valence-corrected chi connectivity index (χ4v) is 8.27. The average Bonchev–Trinajstić information content (AvgIpc) is 3.37. The van der Waals surface area contributed by atoms with E-state index in [0.29, 0.717) is 23.7 Å². The standard InChI is InChI=1S/C26H34N2O2.C2H5B/c1-25-12-11-17(29)13-16(25)7-8-18-19-9-10-23(26(19,2)24(30)14-20(18)25)28-15-27-21-5-3-4-6-22(21)28;1-3-2/h3-6,10,15-20,24,29-30H,7-9,11-14H2,1-2H3;1H2,2H3/t16?,17-,18?,19?,20?,24?,25-,26?;/m0./s1. The van der Waals surface area contributed by atoms with Gasteiger partial charge in [-0.25, -0.2) is 4.98 Å². The van der Waals surface area contributed by atoms with Crippen LogP contribution in [0.3, 0.4) is 0 Å². The topological polar surface area (TPSA) is 58.3 Å². The van der Waals surface area contributed by atoms with Gasteiger partial charge in [0.1, 0.15) is 6.33 Å². The molecule has 3 saturated carbocycles. The van der Waals surface area contributed by atoms with E-state index in [1.807, 2.05) is 19.2 Å². The van der Waals surface area contributed by atoms with Crippen molar-refractivity contribution >= 4 is 30.1 Å². The first kappa shape index (κ1) is 23.0. The Hall–Kier alpha value is -1.72. The summed E-state index contributed by atoms with van der Waals surface area (Å²) >= 11 is 0. The number of nitrogens with zero attached hydrogens (tertiary/aromatic N) is 2. The number of rotatable bonds is 1. The van der Waals surface area contributed by atoms with E-state index in [9.17, 15) is 10.2 Å². The summed E-state index contributed by atoms with van der Waals surface area (Å²) < 4.78 is 2.24. The number of para-hydroxylation sites is 2. The van der Waals surface area contributed by atoms with E-state index in [-0.39, 0.29) is 23.0 Å². The van der Waals surface area contributed by atoms with Gasteiger partial charge in [-0.05, 0) is 86.2 Å². The first-order chi connectivity index (χ1) is 15.8. The Bertz CT molecular complexity index is 1060. The van der Waals surface area contributed by atoms with Crippen LogP contribution < -0.4 is 0 Å². The van der Waals surface area contributed by atoms with Gasteiger partial charge in [0.15, 0.2) is 0 Å². The molecular weight excluding hydrogens is 407 g/mol. The number of aliphatic hydroxyl groups is 2. The zero-order valence-corrected chi connectivity index (χ0v) is 20.5. The molecule has 4 aliphatic rings. The molecule has 0 bridgehead atoms. The first-order valence-corrected chi connectivity index (χ1v) is 12.9. The number of fused-ring (bicyclic) bond motifs is 6. The van der Waals surface area contributed by atoms with Crippen molar-refractivity contribution in [2.45, 2.75) is 77.8 Å². The normalized spacial score (nSPS) is 41.7. The van der Waals surface area contributed by atoms with Crippen molar-refractivity contribution in [2.24, 2.45) is 34.5 Å². The summed E-state index contributed by atoms with van der Waals surface area (Å²) in [4.78, 5) is 4.63. The molecule has 3 fully saturated rings. The van der Waals surface area contributed by atoms with Gasteiger partial charge in [-0.1, -0.05) is 32.1 Å². The second-order valence-electron chi connectivity index (χ2n) is 11.5. The Morgan fingerprint density at radius 1 is 1.09 bits per heavy atom. The minimum absolute atomic E-state index is 0.118. The molecule has 0 saturated heterocycles. The molecule has 0 aliphatic heterocycles. The molecule has 8 atom stereocenters. The van der Waals surface area contributed by atoms with Crippen LogP contribution >= 0.6 is 0 Å². The smallest absolute Gasteiger partial charge is 0.100 e. The summed E-state index contributed by atoms with van der Waals surface area (Å²) in [5.74, 6) is 2.35. The van der Waals surface area contributed by atoms with Gasteiger partial charge in [0.05, 0.1) is 23.2 Å². The molecule has 6 rings (SSSR count). The van der Waals surface area contributed by atoms with E-state index in [0.717, 1.165) is 43.1 Å². The molecule has 33 heavy (non-hydrogen) atoms. The molecule has 5 heteroatoms. The van der Waals surface area contributed by atoms with Crippen molar-refractivity contribution in [3.63, 3.8) is 0 Å². The maximum Gasteiger partial charge on any atom is 0.100 e. The zero-order valence-electron chi connectivity index (χ0n) is 20.5. The summed E-state index contributed by atoms with van der Waals surface area (Å²) in [5, 5.41) is 21.9. The molecule has 4 aliphatic carbocycles. The van der Waals surface area contributed by atoms with E-state index in [1.54, 1.807) is 6.92 Å². The number of allylic oxidation sites excluding steroid dienone is 1. The third kappa shape index (κ3) is 3.41. The zero-order chi connectivity index (χ0) is 23.4. The van der Waals surface area contributed by atoms with Crippen molar-refractivity contribution in [3.05, 3.63) is 36.7 Å². The molecule has 0 spiro atoms. The van der Waals surface area contributed by atoms with Crippen LogP contribution in [0.15, 0.2) is 36.7 Å². The predicted molar refractivity (Wildman–Crippen MR) is 137 cm³/mol. The van der Waals surface area contributed by atoms with Gasteiger partial charge in [-0.3, -0.25) is 0 Å². The molecule has 6 unspecified atom stereocenters. The number of hydrogen-bond acceptors (Lipinski definition) is 3. The van der Waals surface area contributed by atoms with Gasteiger partial charge in [-0.2, -0.15) is 0 Å². The van der Waals surface area contributed by atoms with Crippen LogP contribution in [0.2, 0.25) is 6.82 Å². The van der Waals surface area contributed by atoms with Crippen molar-refractivity contribution in [1.29, 1.82) is 0 Å². The number of aromatic nitrogens is 2. The molecular formula is C28H39BN2O2. The van der Waals surface area contributed by atoms with E-state index in [2.05, 4.69) is 54.1 Å². The van der Waals surface area contributed by atoms with E-state index < -0.39 is 0 Å². The number of aliphatic hydroxyl groups excluding tert-OH is 2. The number of hydrogen-bond donors (Lipinski definition) is 2. The Kier molecular flexibility index (Phi) is 5.93. The van der Waals surface area contributed by atoms with Gasteiger partial charge in [-0.15, -0.1) is 0 Å². The van der Waals surface area contributed by atoms with E-state index >= 15 is 0 Å². The molecule has 2 N–H and O–H groups in total. The van der Waals surface area contributed by atoms with Crippen molar-refractivity contribution < 1.29 is 10.2 Å². The minimum Gasteiger partial charge on any atom is -0.393 e. The largest absolute Gasteiger partial charge is 0.393 e. The van der Waals surface area contributed by atoms with Crippen molar-refractivity contribution in [3.8, 4) is 0 Å². The Labute approximate surface area is 199 Å². The van der Waals surface area contributed by atoms with Crippen LogP contribution in [0, 0.1) is 34.5 Å². The fourth-order valence-electron chi connectivity index (χ4n) is 8.27. The summed E-state index contributed by atoms with van der Waals surface area (Å²) in [7, 11) is 0. The molecule has 0 radical (unpaired) electrons. The minimum atomic E-state index is -0.332. The predicted octanol–water partition coefficient (Wildman–Crippen LogP) is 5.03. The van der Waals surface area contributed by atoms with Gasteiger partial charge in [0.25, 0.3) is 0 Å². The van der Waals surface area contributed by atoms with Crippen LogP contribution in [-0.4, -0.2) is 45.4 Å². The Morgan fingerprint density at radius 3 is 2.64 bits per heavy atom. The van der Waals surface area contributed by atoms with Crippen LogP contribution in [0.4, 0.5) is 0 Å². The third-order valence-electron chi connectivity index (χ3n) is 10.0. The van der Waals surface area contributed by atoms with Crippen molar-refractivity contribution in [1.82, 2.24) is 9.55 Å². The van der Waals surface area contributed by atoms with Gasteiger partial charge >= 0.3 is 20.2 Å². The molecule has 1 heterocycles. The monoisotopic (exact) mass is 446 g/mol. The summed E-state index contributed by atoms with van der Waals surface area (Å²) in [6.07, 6.45) is 11.3. The third-order valence-corrected chi connectivity index (χ3v) is 10.0. The summed E-state index contributed by atoms with van der Waals surface area (Å²) in [6, 6.07) is 8.31. The number of benzene rings is 1. The average molecular weight is 446 g/mol. The first-order valence-electron chi connectivity index (χ1n) is 12.9. The molecule has 1 aromatic carbocycles. The molecule has 1 aromatic heterocycles. The van der Waals surface area contributed by atoms with Crippen LogP contribution in [-0.2, 0) is 0 Å². The van der Waals surface area contributed by atoms with Crippen LogP contribution in [0.25, 0.3) is 16.7 Å². The Balaban J connectivity index is 0.000000724. The van der Waals surface area contributed by atoms with E-state index in [4.69, 9.17) is 0 Å². The SMILES string of the molecule is C=BC.CC12C(n3cnc4ccccc43)=CCC1C1CCC3C[C@@H](O)CC[C@]3(C)C1CC2O. The fraction of sp³-hybridized carbons (Fsp3) is 0.643. The van der Waals surface area contributed by atoms with Gasteiger partial charge < -0.3 is 14.8 Å². The van der Waals surface area contributed by atoms with Crippen LogP contribution in [0.1, 0.15) is 58.8 Å². The van der Waals surface area contributed by atoms with Gasteiger partial charge in [0.2, 0.25) is 0 Å². The second-order valence-corrected chi connectivity index (χ2v) is 11.5. The summed E-state index contributed by atoms with van der Waals surface area (Å²) in [6.45, 7) is 11.8. The Morgan fingerprint density at radius 2 is 1.85 bits per heavy atom. The van der Waals surface area contributed by atoms with Crippen LogP contribution in [0.5, 0.6) is 0 Å². The maximum atomic E-state index is 11.7. The van der Waals surface area contributed by atoms with Gasteiger partial charge in [0, 0.05) is 11.1 Å². The molecule has 0 amide bonds. The second kappa shape index (κ2) is 8.50. The van der Waals surface area contributed by atoms with Crippen molar-refractivity contribution in [2.75, 3.05) is 0 Å². The maximum absolute atomic E-state index is 11.7. The molecule has 2 aromatic rings. The number of imidazole rings is 1. The molecule has 4 nitrogen and oxygen atoms in total. The van der Waals surface area contributed by atoms with E-state index in [1.165, 1.54) is 18.5 Å². The quantitative estimate of drug-likeness (QED) is 0.604. The summed E-state index contributed by atoms with van der Waals surface area (Å²) in [5.41, 5.74) is 3.45.